The van der Waals surface area contributed by atoms with Crippen LogP contribution in [0.4, 0.5) is 5.82 Å². The molecule has 0 bridgehead atoms. The van der Waals surface area contributed by atoms with Crippen molar-refractivity contribution >= 4 is 16.9 Å². The molecule has 0 spiro atoms. The average molecular weight is 294 g/mol. The molecule has 0 radical (unpaired) electrons. The molecule has 3 rings (SSSR count). The second-order valence-corrected chi connectivity index (χ2v) is 4.94. The maximum Gasteiger partial charge on any atom is 0.164 e. The molecule has 1 fully saturated rings. The van der Waals surface area contributed by atoms with Crippen molar-refractivity contribution in [2.24, 2.45) is 0 Å². The van der Waals surface area contributed by atoms with Gasteiger partial charge in [0.25, 0.3) is 0 Å². The standard InChI is InChI=1S/C13H18N4O4/c1-2-14-11-7-3-4-17(12(7)16-6-15-11)13-10(20)9(19)8(5-18)21-13/h3-4,6,8-10,13,18-20H,2,5H2,1H3,(H,14,15,16)/t8-,9-,10-,13-/m1/s1. The molecule has 4 atom stereocenters. The minimum atomic E-state index is -1.13. The van der Waals surface area contributed by atoms with Gasteiger partial charge in [-0.2, -0.15) is 0 Å². The van der Waals surface area contributed by atoms with E-state index in [0.717, 1.165) is 11.9 Å². The number of aromatic nitrogens is 3. The molecule has 8 heteroatoms. The van der Waals surface area contributed by atoms with Crippen molar-refractivity contribution in [1.29, 1.82) is 0 Å². The second-order valence-electron chi connectivity index (χ2n) is 4.94. The first kappa shape index (κ1) is 14.2. The summed E-state index contributed by atoms with van der Waals surface area (Å²) in [6.45, 7) is 2.34. The van der Waals surface area contributed by atoms with E-state index in [-0.39, 0.29) is 6.61 Å². The fourth-order valence-electron chi connectivity index (χ4n) is 2.59. The second kappa shape index (κ2) is 5.57. The summed E-state index contributed by atoms with van der Waals surface area (Å²) >= 11 is 0. The van der Waals surface area contributed by atoms with Gasteiger partial charge in [-0.15, -0.1) is 0 Å². The molecule has 0 amide bonds. The molecular weight excluding hydrogens is 276 g/mol. The van der Waals surface area contributed by atoms with E-state index in [1.807, 2.05) is 13.0 Å². The Bertz CT molecular complexity index is 632. The molecule has 1 aliphatic heterocycles. The van der Waals surface area contributed by atoms with Crippen molar-refractivity contribution in [3.8, 4) is 0 Å². The van der Waals surface area contributed by atoms with Gasteiger partial charge < -0.3 is 29.9 Å². The molecule has 21 heavy (non-hydrogen) atoms. The van der Waals surface area contributed by atoms with Gasteiger partial charge in [-0.1, -0.05) is 0 Å². The highest BCUT2D eigenvalue weighted by atomic mass is 16.6. The van der Waals surface area contributed by atoms with Crippen molar-refractivity contribution in [2.75, 3.05) is 18.5 Å². The van der Waals surface area contributed by atoms with Crippen molar-refractivity contribution in [3.05, 3.63) is 18.6 Å². The third-order valence-corrected chi connectivity index (χ3v) is 3.64. The fraction of sp³-hybridized carbons (Fsp3) is 0.538. The molecule has 1 saturated heterocycles. The van der Waals surface area contributed by atoms with E-state index in [9.17, 15) is 10.2 Å². The SMILES string of the molecule is CCNc1ncnc2c1ccn2[C@@H]1O[C@H](CO)[C@@H](O)[C@H]1O. The lowest BCUT2D eigenvalue weighted by atomic mass is 10.1. The minimum Gasteiger partial charge on any atom is -0.394 e. The van der Waals surface area contributed by atoms with Crippen LogP contribution in [0.15, 0.2) is 18.6 Å². The lowest BCUT2D eigenvalue weighted by Crippen LogP contribution is -2.33. The highest BCUT2D eigenvalue weighted by Gasteiger charge is 2.43. The number of anilines is 1. The van der Waals surface area contributed by atoms with E-state index in [2.05, 4.69) is 15.3 Å². The Morgan fingerprint density at radius 2 is 2.14 bits per heavy atom. The van der Waals surface area contributed by atoms with Crippen LogP contribution in [0, 0.1) is 0 Å². The van der Waals surface area contributed by atoms with E-state index in [0.29, 0.717) is 11.5 Å². The molecular formula is C13H18N4O4. The summed E-state index contributed by atoms with van der Waals surface area (Å²) in [6, 6.07) is 1.82. The van der Waals surface area contributed by atoms with Crippen LogP contribution >= 0.6 is 0 Å². The Hall–Kier alpha value is -1.74. The molecule has 2 aromatic heterocycles. The van der Waals surface area contributed by atoms with E-state index in [1.165, 1.54) is 6.33 Å². The summed E-state index contributed by atoms with van der Waals surface area (Å²) in [5.74, 6) is 0.702. The molecule has 0 aromatic carbocycles. The van der Waals surface area contributed by atoms with Gasteiger partial charge in [-0.25, -0.2) is 9.97 Å². The van der Waals surface area contributed by atoms with Crippen LogP contribution < -0.4 is 5.32 Å². The summed E-state index contributed by atoms with van der Waals surface area (Å²) in [5, 5.41) is 33.0. The van der Waals surface area contributed by atoms with Gasteiger partial charge in [0.1, 0.15) is 36.1 Å². The van der Waals surface area contributed by atoms with Crippen molar-refractivity contribution < 1.29 is 20.1 Å². The summed E-state index contributed by atoms with van der Waals surface area (Å²) < 4.78 is 7.16. The van der Waals surface area contributed by atoms with E-state index >= 15 is 0 Å². The third-order valence-electron chi connectivity index (χ3n) is 3.64. The molecule has 8 nitrogen and oxygen atoms in total. The lowest BCUT2D eigenvalue weighted by Gasteiger charge is -2.17. The minimum absolute atomic E-state index is 0.356. The van der Waals surface area contributed by atoms with Crippen molar-refractivity contribution in [2.45, 2.75) is 31.5 Å². The molecule has 3 heterocycles. The zero-order chi connectivity index (χ0) is 15.0. The van der Waals surface area contributed by atoms with Gasteiger partial charge in [0, 0.05) is 12.7 Å². The number of ether oxygens (including phenoxy) is 1. The molecule has 1 aliphatic rings. The maximum atomic E-state index is 10.1. The Balaban J connectivity index is 2.00. The Morgan fingerprint density at radius 1 is 1.33 bits per heavy atom. The Kier molecular flexibility index (Phi) is 3.77. The Morgan fingerprint density at radius 3 is 2.81 bits per heavy atom. The predicted octanol–water partition coefficient (Wildman–Crippen LogP) is -0.525. The highest BCUT2D eigenvalue weighted by molar-refractivity contribution is 5.87. The monoisotopic (exact) mass is 294 g/mol. The van der Waals surface area contributed by atoms with Crippen LogP contribution in [0.5, 0.6) is 0 Å². The third kappa shape index (κ3) is 2.26. The van der Waals surface area contributed by atoms with E-state index in [1.54, 1.807) is 10.8 Å². The molecule has 2 aromatic rings. The van der Waals surface area contributed by atoms with Crippen LogP contribution in [0.1, 0.15) is 13.2 Å². The van der Waals surface area contributed by atoms with Gasteiger partial charge in [-0.3, -0.25) is 0 Å². The number of nitrogens with zero attached hydrogens (tertiary/aromatic N) is 3. The van der Waals surface area contributed by atoms with Crippen molar-refractivity contribution in [1.82, 2.24) is 14.5 Å². The fourth-order valence-corrected chi connectivity index (χ4v) is 2.59. The molecule has 0 unspecified atom stereocenters. The van der Waals surface area contributed by atoms with Gasteiger partial charge in [0.05, 0.1) is 12.0 Å². The summed E-state index contributed by atoms with van der Waals surface area (Å²) in [4.78, 5) is 8.39. The number of fused-ring (bicyclic) bond motifs is 1. The summed E-state index contributed by atoms with van der Waals surface area (Å²) in [5.41, 5.74) is 0.593. The molecule has 114 valence electrons. The molecule has 4 N–H and O–H groups in total. The zero-order valence-corrected chi connectivity index (χ0v) is 11.5. The topological polar surface area (TPSA) is 113 Å². The van der Waals surface area contributed by atoms with Crippen LogP contribution in [-0.2, 0) is 4.74 Å². The van der Waals surface area contributed by atoms with E-state index < -0.39 is 24.5 Å². The van der Waals surface area contributed by atoms with Crippen LogP contribution in [0.25, 0.3) is 11.0 Å². The van der Waals surface area contributed by atoms with Crippen LogP contribution in [0.2, 0.25) is 0 Å². The van der Waals surface area contributed by atoms with Crippen LogP contribution in [0.3, 0.4) is 0 Å². The zero-order valence-electron chi connectivity index (χ0n) is 11.5. The largest absolute Gasteiger partial charge is 0.394 e. The number of hydrogen-bond donors (Lipinski definition) is 4. The van der Waals surface area contributed by atoms with Gasteiger partial charge in [0.15, 0.2) is 6.23 Å². The number of aliphatic hydroxyl groups excluding tert-OH is 3. The smallest absolute Gasteiger partial charge is 0.164 e. The average Bonchev–Trinajstić information content (AvgIpc) is 3.03. The van der Waals surface area contributed by atoms with Crippen LogP contribution in [-0.4, -0.2) is 61.3 Å². The van der Waals surface area contributed by atoms with Gasteiger partial charge in [-0.05, 0) is 13.0 Å². The van der Waals surface area contributed by atoms with Gasteiger partial charge in [0.2, 0.25) is 0 Å². The number of hydrogen-bond acceptors (Lipinski definition) is 7. The molecule has 0 aliphatic carbocycles. The highest BCUT2D eigenvalue weighted by Crippen LogP contribution is 2.32. The van der Waals surface area contributed by atoms with Gasteiger partial charge >= 0.3 is 0 Å². The normalized spacial score (nSPS) is 29.1. The summed E-state index contributed by atoms with van der Waals surface area (Å²) in [7, 11) is 0. The first-order valence-corrected chi connectivity index (χ1v) is 6.85. The first-order valence-electron chi connectivity index (χ1n) is 6.85. The Labute approximate surface area is 121 Å². The van der Waals surface area contributed by atoms with Crippen molar-refractivity contribution in [3.63, 3.8) is 0 Å². The predicted molar refractivity (Wildman–Crippen MR) is 74.7 cm³/mol. The quantitative estimate of drug-likeness (QED) is 0.600. The number of aliphatic hydroxyl groups is 3. The first-order chi connectivity index (χ1) is 10.2. The number of nitrogens with one attached hydrogen (secondary N) is 1. The number of rotatable bonds is 4. The lowest BCUT2D eigenvalue weighted by molar-refractivity contribution is -0.0508. The maximum absolute atomic E-state index is 10.1. The summed E-state index contributed by atoms with van der Waals surface area (Å²) in [6.07, 6.45) is -0.710. The van der Waals surface area contributed by atoms with E-state index in [4.69, 9.17) is 9.84 Å². The molecule has 0 saturated carbocycles.